The smallest absolute Gasteiger partial charge is 0.180 e. The Morgan fingerprint density at radius 3 is 2.43 bits per heavy atom. The molecule has 0 saturated heterocycles. The van der Waals surface area contributed by atoms with Crippen LogP contribution in [0.2, 0.25) is 0 Å². The Labute approximate surface area is 86.4 Å². The number of benzene rings is 1. The minimum atomic E-state index is 0.569. The normalized spacial score (nSPS) is 10.4. The third kappa shape index (κ3) is 1.76. The second-order valence-corrected chi connectivity index (χ2v) is 3.86. The number of hydrogen-bond acceptors (Lipinski definition) is 4. The van der Waals surface area contributed by atoms with E-state index in [2.05, 4.69) is 4.98 Å². The molecule has 72 valence electrons. The van der Waals surface area contributed by atoms with Crippen molar-refractivity contribution in [2.24, 2.45) is 5.73 Å². The van der Waals surface area contributed by atoms with Crippen LogP contribution >= 0.6 is 11.3 Å². The first-order chi connectivity index (χ1) is 6.79. The van der Waals surface area contributed by atoms with E-state index in [-0.39, 0.29) is 0 Å². The van der Waals surface area contributed by atoms with E-state index in [1.54, 1.807) is 0 Å². The van der Waals surface area contributed by atoms with Gasteiger partial charge >= 0.3 is 0 Å². The van der Waals surface area contributed by atoms with Crippen LogP contribution in [0.25, 0.3) is 11.3 Å². The first-order valence-electron chi connectivity index (χ1n) is 4.30. The lowest BCUT2D eigenvalue weighted by molar-refractivity contribution is 1.07. The average Bonchev–Trinajstić information content (AvgIpc) is 2.65. The van der Waals surface area contributed by atoms with E-state index in [1.165, 1.54) is 11.3 Å². The number of hydrogen-bond donors (Lipinski definition) is 2. The zero-order chi connectivity index (χ0) is 9.97. The molecule has 0 bridgehead atoms. The van der Waals surface area contributed by atoms with Gasteiger partial charge in [0, 0.05) is 17.5 Å². The van der Waals surface area contributed by atoms with Crippen molar-refractivity contribution in [2.75, 3.05) is 5.73 Å². The number of anilines is 1. The summed E-state index contributed by atoms with van der Waals surface area (Å²) >= 11 is 1.45. The van der Waals surface area contributed by atoms with Crippen LogP contribution in [-0.4, -0.2) is 4.98 Å². The molecule has 1 aromatic carbocycles. The molecular weight excluding hydrogens is 194 g/mol. The third-order valence-electron chi connectivity index (χ3n) is 2.01. The monoisotopic (exact) mass is 205 g/mol. The van der Waals surface area contributed by atoms with Crippen LogP contribution in [0.15, 0.2) is 29.6 Å². The Hall–Kier alpha value is -1.39. The molecule has 0 aliphatic carbocycles. The molecule has 0 amide bonds. The van der Waals surface area contributed by atoms with Gasteiger partial charge in [-0.1, -0.05) is 24.3 Å². The summed E-state index contributed by atoms with van der Waals surface area (Å²) in [5, 5.41) is 2.55. The van der Waals surface area contributed by atoms with Gasteiger partial charge in [0.2, 0.25) is 0 Å². The fourth-order valence-electron chi connectivity index (χ4n) is 1.23. The zero-order valence-corrected chi connectivity index (χ0v) is 8.42. The van der Waals surface area contributed by atoms with Gasteiger partial charge in [-0.05, 0) is 5.56 Å². The van der Waals surface area contributed by atoms with Gasteiger partial charge in [-0.25, -0.2) is 4.98 Å². The lowest BCUT2D eigenvalue weighted by Gasteiger charge is -1.98. The molecule has 1 heterocycles. The van der Waals surface area contributed by atoms with Crippen molar-refractivity contribution in [3.63, 3.8) is 0 Å². The maximum atomic E-state index is 5.56. The van der Waals surface area contributed by atoms with E-state index >= 15 is 0 Å². The Morgan fingerprint density at radius 1 is 1.21 bits per heavy atom. The summed E-state index contributed by atoms with van der Waals surface area (Å²) in [7, 11) is 0. The van der Waals surface area contributed by atoms with Gasteiger partial charge < -0.3 is 11.5 Å². The van der Waals surface area contributed by atoms with Gasteiger partial charge in [0.1, 0.15) is 0 Å². The van der Waals surface area contributed by atoms with Crippen LogP contribution in [0.5, 0.6) is 0 Å². The molecule has 0 atom stereocenters. The molecule has 0 saturated carbocycles. The minimum Gasteiger partial charge on any atom is -0.375 e. The van der Waals surface area contributed by atoms with E-state index < -0.39 is 0 Å². The van der Waals surface area contributed by atoms with Crippen molar-refractivity contribution in [3.8, 4) is 11.3 Å². The van der Waals surface area contributed by atoms with Crippen molar-refractivity contribution in [2.45, 2.75) is 6.54 Å². The molecule has 4 heteroatoms. The number of nitrogen functional groups attached to an aromatic ring is 1. The summed E-state index contributed by atoms with van der Waals surface area (Å²) in [6.07, 6.45) is 0. The lowest BCUT2D eigenvalue weighted by Crippen LogP contribution is -1.95. The van der Waals surface area contributed by atoms with Crippen molar-refractivity contribution in [1.29, 1.82) is 0 Å². The first kappa shape index (κ1) is 9.18. The van der Waals surface area contributed by atoms with Crippen LogP contribution in [0.3, 0.4) is 0 Å². The largest absolute Gasteiger partial charge is 0.375 e. The number of nitrogens with two attached hydrogens (primary N) is 2. The summed E-state index contributed by atoms with van der Waals surface area (Å²) < 4.78 is 0. The van der Waals surface area contributed by atoms with Crippen molar-refractivity contribution >= 4 is 16.5 Å². The van der Waals surface area contributed by atoms with Crippen molar-refractivity contribution < 1.29 is 0 Å². The predicted molar refractivity (Wildman–Crippen MR) is 59.9 cm³/mol. The Bertz CT molecular complexity index is 419. The molecule has 0 aliphatic heterocycles. The van der Waals surface area contributed by atoms with E-state index in [9.17, 15) is 0 Å². The second-order valence-electron chi connectivity index (χ2n) is 2.97. The van der Waals surface area contributed by atoms with E-state index in [1.807, 2.05) is 29.6 Å². The van der Waals surface area contributed by atoms with E-state index in [0.29, 0.717) is 11.7 Å². The van der Waals surface area contributed by atoms with Gasteiger partial charge in [-0.3, -0.25) is 0 Å². The van der Waals surface area contributed by atoms with E-state index in [4.69, 9.17) is 11.5 Å². The molecule has 2 rings (SSSR count). The standard InChI is InChI=1S/C10H11N3S/c11-5-7-1-3-8(4-2-7)9-6-14-10(12)13-9/h1-4,6H,5,11H2,(H2,12,13). The highest BCUT2D eigenvalue weighted by molar-refractivity contribution is 7.13. The van der Waals surface area contributed by atoms with Crippen LogP contribution in [0.4, 0.5) is 5.13 Å². The molecule has 0 fully saturated rings. The van der Waals surface area contributed by atoms with Gasteiger partial charge in [0.15, 0.2) is 5.13 Å². The summed E-state index contributed by atoms with van der Waals surface area (Å²) in [5.74, 6) is 0. The maximum Gasteiger partial charge on any atom is 0.180 e. The molecule has 3 nitrogen and oxygen atoms in total. The molecular formula is C10H11N3S. The van der Waals surface area contributed by atoms with Crippen molar-refractivity contribution in [1.82, 2.24) is 4.98 Å². The zero-order valence-electron chi connectivity index (χ0n) is 7.60. The minimum absolute atomic E-state index is 0.569. The Kier molecular flexibility index (Phi) is 2.47. The Balaban J connectivity index is 2.33. The molecule has 1 aromatic heterocycles. The average molecular weight is 205 g/mol. The van der Waals surface area contributed by atoms with Crippen LogP contribution in [0, 0.1) is 0 Å². The number of rotatable bonds is 2. The molecule has 0 spiro atoms. The summed E-state index contributed by atoms with van der Waals surface area (Å²) in [6.45, 7) is 0.569. The molecule has 4 N–H and O–H groups in total. The lowest BCUT2D eigenvalue weighted by atomic mass is 10.1. The highest BCUT2D eigenvalue weighted by Gasteiger charge is 2.01. The molecule has 14 heavy (non-hydrogen) atoms. The van der Waals surface area contributed by atoms with Crippen LogP contribution in [-0.2, 0) is 6.54 Å². The summed E-state index contributed by atoms with van der Waals surface area (Å²) in [4.78, 5) is 4.20. The third-order valence-corrected chi connectivity index (χ3v) is 2.68. The highest BCUT2D eigenvalue weighted by atomic mass is 32.1. The second kappa shape index (κ2) is 3.77. The number of aromatic nitrogens is 1. The van der Waals surface area contributed by atoms with Crippen LogP contribution < -0.4 is 11.5 Å². The SMILES string of the molecule is NCc1ccc(-c2csc(N)n2)cc1. The molecule has 0 unspecified atom stereocenters. The maximum absolute atomic E-state index is 5.56. The molecule has 2 aromatic rings. The Morgan fingerprint density at radius 2 is 1.93 bits per heavy atom. The topological polar surface area (TPSA) is 64.9 Å². The predicted octanol–water partition coefficient (Wildman–Crippen LogP) is 1.85. The molecule has 0 aliphatic rings. The summed E-state index contributed by atoms with van der Waals surface area (Å²) in [5.41, 5.74) is 14.2. The highest BCUT2D eigenvalue weighted by Crippen LogP contribution is 2.22. The fraction of sp³-hybridized carbons (Fsp3) is 0.100. The summed E-state index contributed by atoms with van der Waals surface area (Å²) in [6, 6.07) is 8.03. The van der Waals surface area contributed by atoms with Crippen LogP contribution in [0.1, 0.15) is 5.56 Å². The van der Waals surface area contributed by atoms with Gasteiger partial charge in [-0.2, -0.15) is 0 Å². The van der Waals surface area contributed by atoms with E-state index in [0.717, 1.165) is 16.8 Å². The fourth-order valence-corrected chi connectivity index (χ4v) is 1.80. The van der Waals surface area contributed by atoms with Gasteiger partial charge in [0.05, 0.1) is 5.69 Å². The number of nitrogens with zero attached hydrogens (tertiary/aromatic N) is 1. The molecule has 0 radical (unpaired) electrons. The number of thiazole rings is 1. The van der Waals surface area contributed by atoms with Gasteiger partial charge in [0.25, 0.3) is 0 Å². The first-order valence-corrected chi connectivity index (χ1v) is 5.18. The van der Waals surface area contributed by atoms with Gasteiger partial charge in [-0.15, -0.1) is 11.3 Å². The quantitative estimate of drug-likeness (QED) is 0.786. The van der Waals surface area contributed by atoms with Crippen molar-refractivity contribution in [3.05, 3.63) is 35.2 Å².